The molecule has 65 heavy (non-hydrogen) atoms. The monoisotopic (exact) mass is 1030 g/mol. The van der Waals surface area contributed by atoms with E-state index in [0.29, 0.717) is 11.5 Å². The smallest absolute Gasteiger partial charge is 0.135 e. The second-order valence-corrected chi connectivity index (χ2v) is 20.8. The van der Waals surface area contributed by atoms with E-state index in [1.54, 1.807) is 0 Å². The van der Waals surface area contributed by atoms with Gasteiger partial charge in [-0.05, 0) is 91.5 Å². The zero-order valence-corrected chi connectivity index (χ0v) is 41.8. The van der Waals surface area contributed by atoms with E-state index in [2.05, 4.69) is 237 Å². The van der Waals surface area contributed by atoms with Gasteiger partial charge in [0.15, 0.2) is 0 Å². The Morgan fingerprint density at radius 1 is 0.538 bits per heavy atom. The van der Waals surface area contributed by atoms with Gasteiger partial charge in [-0.15, -0.1) is 48.1 Å². The topological polar surface area (TPSA) is 33.5 Å². The van der Waals surface area contributed by atoms with Gasteiger partial charge >= 0.3 is 0 Å². The molecule has 0 saturated heterocycles. The Kier molecular flexibility index (Phi) is 12.0. The third-order valence-corrected chi connectivity index (χ3v) is 12.7. The van der Waals surface area contributed by atoms with E-state index >= 15 is 0 Å². The molecule has 0 radical (unpaired) electrons. The van der Waals surface area contributed by atoms with E-state index in [1.807, 2.05) is 24.4 Å². The van der Waals surface area contributed by atoms with Crippen molar-refractivity contribution in [2.45, 2.75) is 97.8 Å². The molecule has 334 valence electrons. The maximum atomic E-state index is 6.70. The quantitative estimate of drug-likeness (QED) is 0.142. The Morgan fingerprint density at radius 3 is 1.85 bits per heavy atom. The molecule has 0 unspecified atom stereocenters. The molecule has 0 amide bonds. The van der Waals surface area contributed by atoms with E-state index in [-0.39, 0.29) is 42.7 Å². The zero-order chi connectivity index (χ0) is 45.2. The van der Waals surface area contributed by atoms with Crippen molar-refractivity contribution in [2.24, 2.45) is 0 Å². The first-order valence-corrected chi connectivity index (χ1v) is 22.4. The van der Waals surface area contributed by atoms with Crippen LogP contribution in [0.3, 0.4) is 0 Å². The number of aromatic nitrogens is 2. The normalized spacial score (nSPS) is 13.6. The Labute approximate surface area is 401 Å². The molecule has 0 saturated carbocycles. The third kappa shape index (κ3) is 9.05. The van der Waals surface area contributed by atoms with Gasteiger partial charge in [-0.25, -0.2) is 4.98 Å². The molecule has 6 heteroatoms. The summed E-state index contributed by atoms with van der Waals surface area (Å²) in [6, 6.07) is 57.1. The molecule has 0 spiro atoms. The molecule has 1 aliphatic rings. The van der Waals surface area contributed by atoms with E-state index in [4.69, 9.17) is 9.72 Å². The minimum atomic E-state index is -0.200. The average molecular weight is 1040 g/mol. The van der Waals surface area contributed by atoms with Crippen molar-refractivity contribution in [1.29, 1.82) is 0 Å². The van der Waals surface area contributed by atoms with Gasteiger partial charge in [-0.3, -0.25) is 0 Å². The summed E-state index contributed by atoms with van der Waals surface area (Å²) < 4.78 is 8.93. The van der Waals surface area contributed by atoms with Crippen LogP contribution in [-0.4, -0.2) is 9.55 Å². The largest absolute Gasteiger partial charge is 0.509 e. The average Bonchev–Trinajstić information content (AvgIpc) is 3.86. The molecule has 0 atom stereocenters. The fourth-order valence-electron chi connectivity index (χ4n) is 8.59. The number of anilines is 2. The van der Waals surface area contributed by atoms with Crippen molar-refractivity contribution in [1.82, 2.24) is 9.55 Å². The Hall–Kier alpha value is -5.90. The summed E-state index contributed by atoms with van der Waals surface area (Å²) in [5.41, 5.74) is 12.2. The van der Waals surface area contributed by atoms with Crippen LogP contribution in [0.15, 0.2) is 152 Å². The van der Waals surface area contributed by atoms with Crippen molar-refractivity contribution >= 4 is 38.9 Å². The summed E-state index contributed by atoms with van der Waals surface area (Å²) in [6.07, 6.45) is 4.11. The van der Waals surface area contributed by atoms with Crippen molar-refractivity contribution in [2.75, 3.05) is 9.80 Å². The summed E-state index contributed by atoms with van der Waals surface area (Å²) in [6.45, 7) is 27.2. The van der Waals surface area contributed by atoms with Crippen LogP contribution in [-0.2, 0) is 42.7 Å². The molecule has 1 aliphatic heterocycles. The van der Waals surface area contributed by atoms with Gasteiger partial charge in [0.1, 0.15) is 5.82 Å². The standard InChI is InChI=1S/C59H59N4O.Pt/c1-56(2,3)42-29-30-60-55(35-42)63-52-28-25-43(59(10,11)41-21-16-13-17-22-41)34-51(52)50-27-26-49(37-53(50)63)64-48-24-18-23-46(36-48)61-38-54(40-19-14-12-15-20-40)62(39-61)47-32-44(57(4,5)6)31-45(33-47)58(7,8)9;/h12-35,38-39H,1-11H3;/q-3;. The molecule has 9 rings (SSSR count). The van der Waals surface area contributed by atoms with Gasteiger partial charge in [-0.1, -0.05) is 161 Å². The molecule has 2 aromatic heterocycles. The number of fused-ring (bicyclic) bond motifs is 3. The summed E-state index contributed by atoms with van der Waals surface area (Å²) in [5, 5.41) is 2.23. The summed E-state index contributed by atoms with van der Waals surface area (Å²) in [4.78, 5) is 9.39. The second-order valence-electron chi connectivity index (χ2n) is 20.8. The van der Waals surface area contributed by atoms with Crippen LogP contribution in [0.1, 0.15) is 110 Å². The predicted molar refractivity (Wildman–Crippen MR) is 268 cm³/mol. The number of hydrogen-bond acceptors (Lipinski definition) is 4. The zero-order valence-electron chi connectivity index (χ0n) is 39.5. The van der Waals surface area contributed by atoms with Crippen LogP contribution in [0.5, 0.6) is 11.5 Å². The van der Waals surface area contributed by atoms with Crippen LogP contribution in [0.2, 0.25) is 0 Å². The molecule has 3 heterocycles. The number of rotatable bonds is 8. The second kappa shape index (κ2) is 17.1. The minimum absolute atomic E-state index is 0. The molecule has 5 nitrogen and oxygen atoms in total. The van der Waals surface area contributed by atoms with Crippen molar-refractivity contribution in [3.63, 3.8) is 0 Å². The molecule has 0 N–H and O–H groups in total. The van der Waals surface area contributed by atoms with E-state index in [0.717, 1.165) is 50.3 Å². The molecule has 0 bridgehead atoms. The van der Waals surface area contributed by atoms with Crippen LogP contribution >= 0.6 is 0 Å². The SMILES string of the molecule is CC(C)(C)c1cc(N2[CH-]N(c3[c-]c(Oc4[c-]c5c(cc4)c4cc(C(C)(C)c6ccccc6)ccc4n5-c4cc(C(C)(C)C)ccn4)ccc3)C=C2c2ccccc2)cc(C(C)(C)C)c1.[Pt]. The van der Waals surface area contributed by atoms with Crippen LogP contribution in [0.25, 0.3) is 33.3 Å². The first-order chi connectivity index (χ1) is 30.3. The molecular weight excluding hydrogens is 976 g/mol. The van der Waals surface area contributed by atoms with Crippen LogP contribution in [0, 0.1) is 18.8 Å². The minimum Gasteiger partial charge on any atom is -0.509 e. The molecule has 6 aromatic carbocycles. The molecule has 0 aliphatic carbocycles. The van der Waals surface area contributed by atoms with Crippen LogP contribution in [0.4, 0.5) is 11.4 Å². The van der Waals surface area contributed by atoms with Crippen molar-refractivity contribution < 1.29 is 25.8 Å². The molecular formula is C59H59N4OPt-3. The molecule has 0 fully saturated rings. The van der Waals surface area contributed by atoms with Gasteiger partial charge in [0.25, 0.3) is 0 Å². The fraction of sp³-hybridized carbons (Fsp3) is 0.254. The first kappa shape index (κ1) is 45.7. The number of ether oxygens (including phenoxy) is 1. The number of hydrogen-bond donors (Lipinski definition) is 0. The van der Waals surface area contributed by atoms with Gasteiger partial charge in [-0.2, -0.15) is 12.1 Å². The van der Waals surface area contributed by atoms with Gasteiger partial charge in [0, 0.05) is 61.1 Å². The Morgan fingerprint density at radius 2 is 1.18 bits per heavy atom. The van der Waals surface area contributed by atoms with Crippen LogP contribution < -0.4 is 14.5 Å². The van der Waals surface area contributed by atoms with Gasteiger partial charge in [0.2, 0.25) is 0 Å². The summed E-state index contributed by atoms with van der Waals surface area (Å²) in [7, 11) is 0. The van der Waals surface area contributed by atoms with Crippen molar-refractivity contribution in [3.8, 4) is 17.3 Å². The maximum absolute atomic E-state index is 6.70. The third-order valence-electron chi connectivity index (χ3n) is 12.7. The van der Waals surface area contributed by atoms with Crippen molar-refractivity contribution in [3.05, 3.63) is 204 Å². The molecule has 8 aromatic rings. The summed E-state index contributed by atoms with van der Waals surface area (Å²) >= 11 is 0. The maximum Gasteiger partial charge on any atom is 0.135 e. The van der Waals surface area contributed by atoms with E-state index in [1.165, 1.54) is 27.8 Å². The Balaban J connectivity index is 0.00000576. The number of pyridine rings is 1. The predicted octanol–water partition coefficient (Wildman–Crippen LogP) is 15.2. The summed E-state index contributed by atoms with van der Waals surface area (Å²) in [5.74, 6) is 2.05. The first-order valence-electron chi connectivity index (χ1n) is 22.4. The van der Waals surface area contributed by atoms with E-state index in [9.17, 15) is 0 Å². The fourth-order valence-corrected chi connectivity index (χ4v) is 8.59. The number of benzene rings is 6. The van der Waals surface area contributed by atoms with Gasteiger partial charge < -0.3 is 19.1 Å². The Bertz CT molecular complexity index is 3000. The number of nitrogens with zero attached hydrogens (tertiary/aromatic N) is 4. The van der Waals surface area contributed by atoms with E-state index < -0.39 is 0 Å². The van der Waals surface area contributed by atoms with Gasteiger partial charge in [0.05, 0.1) is 0 Å².